The van der Waals surface area contributed by atoms with Crippen LogP contribution in [-0.2, 0) is 36.5 Å². The molecule has 2 rings (SSSR count). The van der Waals surface area contributed by atoms with E-state index in [0.29, 0.717) is 4.90 Å². The van der Waals surface area contributed by atoms with Crippen LogP contribution in [0.1, 0.15) is 18.9 Å². The van der Waals surface area contributed by atoms with E-state index in [-0.39, 0.29) is 18.8 Å². The Kier molecular flexibility index (Phi) is 10.5. The summed E-state index contributed by atoms with van der Waals surface area (Å²) in [6.45, 7) is 1.30. The Labute approximate surface area is 194 Å². The molecule has 4 atom stereocenters. The smallest absolute Gasteiger partial charge is 0.408 e. The number of alkyl carbamates (subject to hydrolysis) is 1. The van der Waals surface area contributed by atoms with Gasteiger partial charge in [0.15, 0.2) is 0 Å². The maximum atomic E-state index is 12.7. The van der Waals surface area contributed by atoms with Crippen LogP contribution in [0.15, 0.2) is 65.6 Å². The van der Waals surface area contributed by atoms with E-state index in [1.807, 2.05) is 6.07 Å². The SMILES string of the molecule is COC(=O)[C@@H](CC[S@@](=O)c1ccccc1)NC(=O)[C@@H](NC(=O)OCc1ccccc1)[C@@H](C)O. The summed E-state index contributed by atoms with van der Waals surface area (Å²) in [7, 11) is -0.217. The van der Waals surface area contributed by atoms with Crippen molar-refractivity contribution in [1.29, 1.82) is 0 Å². The molecule has 0 unspecified atom stereocenters. The fourth-order valence-electron chi connectivity index (χ4n) is 2.86. The molecule has 0 saturated heterocycles. The number of amides is 2. The van der Waals surface area contributed by atoms with Gasteiger partial charge in [-0.25, -0.2) is 9.59 Å². The Morgan fingerprint density at radius 2 is 1.61 bits per heavy atom. The molecule has 0 saturated carbocycles. The summed E-state index contributed by atoms with van der Waals surface area (Å²) in [5.41, 5.74) is 0.753. The molecule has 0 spiro atoms. The summed E-state index contributed by atoms with van der Waals surface area (Å²) in [6, 6.07) is 15.2. The number of hydrogen-bond acceptors (Lipinski definition) is 7. The van der Waals surface area contributed by atoms with Gasteiger partial charge in [-0.2, -0.15) is 0 Å². The van der Waals surface area contributed by atoms with Crippen LogP contribution in [0.3, 0.4) is 0 Å². The predicted molar refractivity (Wildman–Crippen MR) is 122 cm³/mol. The lowest BCUT2D eigenvalue weighted by Crippen LogP contribution is -2.56. The van der Waals surface area contributed by atoms with Gasteiger partial charge in [0.2, 0.25) is 5.91 Å². The van der Waals surface area contributed by atoms with Gasteiger partial charge in [-0.05, 0) is 31.0 Å². The van der Waals surface area contributed by atoms with Crippen LogP contribution in [0.5, 0.6) is 0 Å². The van der Waals surface area contributed by atoms with Crippen molar-refractivity contribution < 1.29 is 33.2 Å². The molecule has 0 aliphatic rings. The van der Waals surface area contributed by atoms with Crippen LogP contribution in [0.25, 0.3) is 0 Å². The first-order chi connectivity index (χ1) is 15.8. The van der Waals surface area contributed by atoms with Gasteiger partial charge < -0.3 is 25.2 Å². The zero-order valence-corrected chi connectivity index (χ0v) is 19.2. The van der Waals surface area contributed by atoms with Crippen LogP contribution in [0, 0.1) is 0 Å². The molecule has 0 aliphatic carbocycles. The van der Waals surface area contributed by atoms with Crippen LogP contribution in [0.4, 0.5) is 4.79 Å². The Morgan fingerprint density at radius 1 is 1.00 bits per heavy atom. The number of benzene rings is 2. The molecule has 10 heteroatoms. The number of nitrogens with one attached hydrogen (secondary N) is 2. The maximum absolute atomic E-state index is 12.7. The minimum Gasteiger partial charge on any atom is -0.467 e. The third-order valence-electron chi connectivity index (χ3n) is 4.65. The van der Waals surface area contributed by atoms with Crippen LogP contribution < -0.4 is 10.6 Å². The number of carbonyl (C=O) groups excluding carboxylic acids is 3. The number of rotatable bonds is 11. The molecule has 2 aromatic rings. The van der Waals surface area contributed by atoms with Crippen LogP contribution in [0.2, 0.25) is 0 Å². The molecular formula is C23H28N2O7S. The number of methoxy groups -OCH3 is 1. The van der Waals surface area contributed by atoms with Gasteiger partial charge in [0.1, 0.15) is 18.7 Å². The first kappa shape index (κ1) is 26.0. The summed E-state index contributed by atoms with van der Waals surface area (Å²) in [5, 5.41) is 14.8. The van der Waals surface area contributed by atoms with Gasteiger partial charge in [-0.15, -0.1) is 0 Å². The van der Waals surface area contributed by atoms with E-state index in [0.717, 1.165) is 5.56 Å². The fraction of sp³-hybridized carbons (Fsp3) is 0.348. The molecule has 2 aromatic carbocycles. The zero-order valence-electron chi connectivity index (χ0n) is 18.4. The Balaban J connectivity index is 1.96. The molecule has 0 aromatic heterocycles. The van der Waals surface area contributed by atoms with Gasteiger partial charge in [0, 0.05) is 10.6 Å². The third kappa shape index (κ3) is 8.66. The molecule has 0 fully saturated rings. The largest absolute Gasteiger partial charge is 0.467 e. The van der Waals surface area contributed by atoms with Crippen molar-refractivity contribution in [2.24, 2.45) is 0 Å². The summed E-state index contributed by atoms with van der Waals surface area (Å²) in [6.07, 6.45) is -2.14. The average Bonchev–Trinajstić information content (AvgIpc) is 2.83. The number of carbonyl (C=O) groups is 3. The summed E-state index contributed by atoms with van der Waals surface area (Å²) < 4.78 is 22.3. The molecule has 178 valence electrons. The lowest BCUT2D eigenvalue weighted by molar-refractivity contribution is -0.145. The molecular weight excluding hydrogens is 448 g/mol. The predicted octanol–water partition coefficient (Wildman–Crippen LogP) is 1.52. The molecule has 3 N–H and O–H groups in total. The van der Waals surface area contributed by atoms with E-state index in [2.05, 4.69) is 10.6 Å². The number of esters is 1. The van der Waals surface area contributed by atoms with E-state index in [1.165, 1.54) is 14.0 Å². The average molecular weight is 477 g/mol. The number of ether oxygens (including phenoxy) is 2. The molecule has 2 amide bonds. The van der Waals surface area contributed by atoms with Crippen molar-refractivity contribution >= 4 is 28.8 Å². The van der Waals surface area contributed by atoms with E-state index >= 15 is 0 Å². The topological polar surface area (TPSA) is 131 Å². The molecule has 33 heavy (non-hydrogen) atoms. The van der Waals surface area contributed by atoms with Crippen molar-refractivity contribution in [3.8, 4) is 0 Å². The number of hydrogen-bond donors (Lipinski definition) is 3. The minimum atomic E-state index is -1.39. The van der Waals surface area contributed by atoms with Gasteiger partial charge >= 0.3 is 12.1 Å². The van der Waals surface area contributed by atoms with E-state index in [4.69, 9.17) is 9.47 Å². The van der Waals surface area contributed by atoms with Crippen molar-refractivity contribution in [3.05, 3.63) is 66.2 Å². The maximum Gasteiger partial charge on any atom is 0.408 e. The lowest BCUT2D eigenvalue weighted by atomic mass is 10.1. The second kappa shape index (κ2) is 13.3. The highest BCUT2D eigenvalue weighted by molar-refractivity contribution is 7.85. The first-order valence-corrected chi connectivity index (χ1v) is 11.6. The van der Waals surface area contributed by atoms with Gasteiger partial charge in [-0.3, -0.25) is 9.00 Å². The highest BCUT2D eigenvalue weighted by atomic mass is 32.2. The van der Waals surface area contributed by atoms with E-state index in [9.17, 15) is 23.7 Å². The van der Waals surface area contributed by atoms with Crippen LogP contribution in [-0.4, -0.2) is 58.3 Å². The quantitative estimate of drug-likeness (QED) is 0.419. The number of aliphatic hydroxyl groups is 1. The van der Waals surface area contributed by atoms with Gasteiger partial charge in [-0.1, -0.05) is 48.5 Å². The number of aliphatic hydroxyl groups excluding tert-OH is 1. The highest BCUT2D eigenvalue weighted by Gasteiger charge is 2.31. The molecule has 0 heterocycles. The van der Waals surface area contributed by atoms with E-state index in [1.54, 1.807) is 54.6 Å². The highest BCUT2D eigenvalue weighted by Crippen LogP contribution is 2.09. The molecule has 0 aliphatic heterocycles. The normalized spacial score (nSPS) is 14.3. The minimum absolute atomic E-state index is 0.0170. The van der Waals surface area contributed by atoms with Crippen molar-refractivity contribution in [2.45, 2.75) is 43.0 Å². The molecule has 0 radical (unpaired) electrons. The Bertz CT molecular complexity index is 938. The summed E-state index contributed by atoms with van der Waals surface area (Å²) in [4.78, 5) is 37.6. The summed E-state index contributed by atoms with van der Waals surface area (Å²) >= 11 is 0. The monoisotopic (exact) mass is 476 g/mol. The van der Waals surface area contributed by atoms with E-state index < -0.39 is 47.0 Å². The zero-order chi connectivity index (χ0) is 24.2. The fourth-order valence-corrected chi connectivity index (χ4v) is 4.01. The third-order valence-corrected chi connectivity index (χ3v) is 6.06. The Hall–Kier alpha value is -3.24. The Morgan fingerprint density at radius 3 is 2.18 bits per heavy atom. The van der Waals surface area contributed by atoms with Crippen molar-refractivity contribution in [1.82, 2.24) is 10.6 Å². The first-order valence-electron chi connectivity index (χ1n) is 10.3. The molecule has 0 bridgehead atoms. The standard InChI is InChI=1S/C23H28N2O7S/c1-16(26)20(25-23(29)32-15-17-9-5-3-6-10-17)21(27)24-19(22(28)31-2)13-14-33(30)18-11-7-4-8-12-18/h3-12,16,19-20,26H,13-15H2,1-2H3,(H,24,27)(H,25,29)/t16-,19-,20+,33-/m1/s1. The summed E-state index contributed by atoms with van der Waals surface area (Å²) in [5.74, 6) is -1.44. The van der Waals surface area contributed by atoms with Gasteiger partial charge in [0.05, 0.1) is 24.0 Å². The molecule has 9 nitrogen and oxygen atoms in total. The van der Waals surface area contributed by atoms with Crippen LogP contribution >= 0.6 is 0 Å². The van der Waals surface area contributed by atoms with Gasteiger partial charge in [0.25, 0.3) is 0 Å². The van der Waals surface area contributed by atoms with Crippen molar-refractivity contribution in [3.63, 3.8) is 0 Å². The lowest BCUT2D eigenvalue weighted by Gasteiger charge is -2.23. The van der Waals surface area contributed by atoms with Crippen molar-refractivity contribution in [2.75, 3.05) is 12.9 Å². The second-order valence-corrected chi connectivity index (χ2v) is 8.73. The second-order valence-electron chi connectivity index (χ2n) is 7.16.